The van der Waals surface area contributed by atoms with Gasteiger partial charge < -0.3 is 14.8 Å². The lowest BCUT2D eigenvalue weighted by Gasteiger charge is -2.10. The average Bonchev–Trinajstić information content (AvgIpc) is 2.55. The van der Waals surface area contributed by atoms with E-state index in [0.717, 1.165) is 12.1 Å². The molecule has 1 N–H and O–H groups in total. The Kier molecular flexibility index (Phi) is 6.33. The first kappa shape index (κ1) is 19.9. The van der Waals surface area contributed by atoms with Gasteiger partial charge in [-0.2, -0.15) is 0 Å². The topological polar surface area (TPSA) is 64.6 Å². The number of benzene rings is 2. The Balaban J connectivity index is 1.89. The summed E-state index contributed by atoms with van der Waals surface area (Å²) in [4.78, 5) is 23.6. The molecule has 0 saturated heterocycles. The van der Waals surface area contributed by atoms with Crippen LogP contribution >= 0.6 is 23.2 Å². The minimum atomic E-state index is -4.80. The van der Waals surface area contributed by atoms with Gasteiger partial charge in [0, 0.05) is 5.69 Å². The zero-order chi connectivity index (χ0) is 19.3. The molecule has 0 fully saturated rings. The van der Waals surface area contributed by atoms with Gasteiger partial charge in [-0.15, -0.1) is 13.2 Å². The highest BCUT2D eigenvalue weighted by atomic mass is 35.5. The van der Waals surface area contributed by atoms with E-state index in [1.54, 1.807) is 0 Å². The van der Waals surface area contributed by atoms with Gasteiger partial charge in [0.2, 0.25) is 0 Å². The lowest BCUT2D eigenvalue weighted by atomic mass is 10.2. The van der Waals surface area contributed by atoms with Crippen LogP contribution in [-0.4, -0.2) is 24.8 Å². The number of rotatable bonds is 5. The molecule has 0 aromatic heterocycles. The van der Waals surface area contributed by atoms with Crippen LogP contribution in [0.5, 0.6) is 5.75 Å². The number of ether oxygens (including phenoxy) is 2. The number of hydrogen-bond donors (Lipinski definition) is 1. The van der Waals surface area contributed by atoms with Crippen LogP contribution in [0.2, 0.25) is 10.0 Å². The SMILES string of the molecule is O=C(COC(=O)c1cccc(Cl)c1Cl)Nc1ccc(OC(F)(F)F)cc1. The molecule has 5 nitrogen and oxygen atoms in total. The van der Waals surface area contributed by atoms with Crippen molar-refractivity contribution in [2.24, 2.45) is 0 Å². The number of anilines is 1. The van der Waals surface area contributed by atoms with E-state index in [4.69, 9.17) is 27.9 Å². The molecular formula is C16H10Cl2F3NO4. The second kappa shape index (κ2) is 8.29. The molecule has 2 aromatic rings. The number of hydrogen-bond acceptors (Lipinski definition) is 4. The molecule has 138 valence electrons. The first-order valence-electron chi connectivity index (χ1n) is 6.92. The maximum absolute atomic E-state index is 12.1. The van der Waals surface area contributed by atoms with Gasteiger partial charge in [-0.25, -0.2) is 4.79 Å². The minimum Gasteiger partial charge on any atom is -0.452 e. The summed E-state index contributed by atoms with van der Waals surface area (Å²) in [5.41, 5.74) is 0.196. The van der Waals surface area contributed by atoms with Crippen LogP contribution in [0.1, 0.15) is 10.4 Å². The molecule has 10 heteroatoms. The molecular weight excluding hydrogens is 398 g/mol. The Morgan fingerprint density at radius 3 is 2.31 bits per heavy atom. The van der Waals surface area contributed by atoms with Crippen molar-refractivity contribution in [3.63, 3.8) is 0 Å². The van der Waals surface area contributed by atoms with E-state index in [0.29, 0.717) is 0 Å². The van der Waals surface area contributed by atoms with Crippen LogP contribution in [0.4, 0.5) is 18.9 Å². The van der Waals surface area contributed by atoms with E-state index in [-0.39, 0.29) is 21.3 Å². The fourth-order valence-corrected chi connectivity index (χ4v) is 2.18. The molecule has 0 radical (unpaired) electrons. The van der Waals surface area contributed by atoms with E-state index in [1.807, 2.05) is 0 Å². The van der Waals surface area contributed by atoms with Crippen LogP contribution in [-0.2, 0) is 9.53 Å². The lowest BCUT2D eigenvalue weighted by Crippen LogP contribution is -2.21. The van der Waals surface area contributed by atoms with Crippen molar-refractivity contribution in [1.82, 2.24) is 0 Å². The normalized spacial score (nSPS) is 11.0. The van der Waals surface area contributed by atoms with Crippen molar-refractivity contribution < 1.29 is 32.2 Å². The number of amides is 1. The highest BCUT2D eigenvalue weighted by Crippen LogP contribution is 2.26. The second-order valence-corrected chi connectivity index (χ2v) is 5.58. The predicted molar refractivity (Wildman–Crippen MR) is 88.5 cm³/mol. The summed E-state index contributed by atoms with van der Waals surface area (Å²) < 4.78 is 44.7. The first-order chi connectivity index (χ1) is 12.2. The van der Waals surface area contributed by atoms with Crippen molar-refractivity contribution in [2.45, 2.75) is 6.36 Å². The van der Waals surface area contributed by atoms with Gasteiger partial charge in [0.05, 0.1) is 15.6 Å². The highest BCUT2D eigenvalue weighted by Gasteiger charge is 2.30. The van der Waals surface area contributed by atoms with Crippen molar-refractivity contribution in [1.29, 1.82) is 0 Å². The number of carbonyl (C=O) groups is 2. The molecule has 26 heavy (non-hydrogen) atoms. The number of nitrogens with one attached hydrogen (secondary N) is 1. The zero-order valence-corrected chi connectivity index (χ0v) is 14.3. The van der Waals surface area contributed by atoms with Gasteiger partial charge in [0.25, 0.3) is 5.91 Å². The molecule has 2 aromatic carbocycles. The third kappa shape index (κ3) is 5.82. The maximum atomic E-state index is 12.1. The van der Waals surface area contributed by atoms with Crippen LogP contribution in [0, 0.1) is 0 Å². The van der Waals surface area contributed by atoms with E-state index in [9.17, 15) is 22.8 Å². The highest BCUT2D eigenvalue weighted by molar-refractivity contribution is 6.43. The summed E-state index contributed by atoms with van der Waals surface area (Å²) in [6.07, 6.45) is -4.80. The van der Waals surface area contributed by atoms with E-state index in [1.165, 1.54) is 30.3 Å². The third-order valence-electron chi connectivity index (χ3n) is 2.88. The second-order valence-electron chi connectivity index (χ2n) is 4.80. The van der Waals surface area contributed by atoms with E-state index < -0.39 is 30.6 Å². The fraction of sp³-hybridized carbons (Fsp3) is 0.125. The van der Waals surface area contributed by atoms with Gasteiger partial charge in [0.1, 0.15) is 5.75 Å². The van der Waals surface area contributed by atoms with Crippen LogP contribution in [0.15, 0.2) is 42.5 Å². The van der Waals surface area contributed by atoms with Crippen molar-refractivity contribution >= 4 is 40.8 Å². The monoisotopic (exact) mass is 407 g/mol. The number of halogens is 5. The fourth-order valence-electron chi connectivity index (χ4n) is 1.81. The molecule has 2 rings (SSSR count). The standard InChI is InChI=1S/C16H10Cl2F3NO4/c17-12-3-1-2-11(14(12)18)15(24)25-8-13(23)22-9-4-6-10(7-5-9)26-16(19,20)21/h1-7H,8H2,(H,22,23). The van der Waals surface area contributed by atoms with Crippen molar-refractivity contribution in [3.05, 3.63) is 58.1 Å². The minimum absolute atomic E-state index is 0.000159. The Labute approximate surface area is 155 Å². The van der Waals surface area contributed by atoms with Gasteiger partial charge >= 0.3 is 12.3 Å². The van der Waals surface area contributed by atoms with Gasteiger partial charge in [-0.3, -0.25) is 4.79 Å². The number of alkyl halides is 3. The van der Waals surface area contributed by atoms with Gasteiger partial charge in [-0.1, -0.05) is 29.3 Å². The predicted octanol–water partition coefficient (Wildman–Crippen LogP) is 4.69. The largest absolute Gasteiger partial charge is 0.573 e. The summed E-state index contributed by atoms with van der Waals surface area (Å²) in [6.45, 7) is -0.623. The molecule has 1 amide bonds. The lowest BCUT2D eigenvalue weighted by molar-refractivity contribution is -0.274. The molecule has 0 aliphatic heterocycles. The summed E-state index contributed by atoms with van der Waals surface area (Å²) >= 11 is 11.6. The Hall–Kier alpha value is -2.45. The van der Waals surface area contributed by atoms with Crippen molar-refractivity contribution in [3.8, 4) is 5.75 Å². The summed E-state index contributed by atoms with van der Waals surface area (Å²) in [6, 6.07) is 8.83. The van der Waals surface area contributed by atoms with Crippen LogP contribution < -0.4 is 10.1 Å². The Bertz CT molecular complexity index is 810. The molecule has 0 aliphatic rings. The molecule has 0 heterocycles. The molecule has 0 bridgehead atoms. The first-order valence-corrected chi connectivity index (χ1v) is 7.68. The molecule has 0 atom stereocenters. The number of carbonyl (C=O) groups excluding carboxylic acids is 2. The summed E-state index contributed by atoms with van der Waals surface area (Å²) in [5, 5.41) is 2.51. The third-order valence-corrected chi connectivity index (χ3v) is 3.70. The summed E-state index contributed by atoms with van der Waals surface area (Å²) in [7, 11) is 0. The number of esters is 1. The Morgan fingerprint density at radius 2 is 1.69 bits per heavy atom. The van der Waals surface area contributed by atoms with Gasteiger partial charge in [-0.05, 0) is 36.4 Å². The quantitative estimate of drug-likeness (QED) is 0.730. The molecule has 0 spiro atoms. The zero-order valence-electron chi connectivity index (χ0n) is 12.8. The van der Waals surface area contributed by atoms with Gasteiger partial charge in [0.15, 0.2) is 6.61 Å². The van der Waals surface area contributed by atoms with Crippen LogP contribution in [0.25, 0.3) is 0 Å². The average molecular weight is 408 g/mol. The van der Waals surface area contributed by atoms with Crippen LogP contribution in [0.3, 0.4) is 0 Å². The van der Waals surface area contributed by atoms with E-state index in [2.05, 4.69) is 10.1 Å². The maximum Gasteiger partial charge on any atom is 0.573 e. The smallest absolute Gasteiger partial charge is 0.452 e. The molecule has 0 saturated carbocycles. The molecule has 0 aliphatic carbocycles. The van der Waals surface area contributed by atoms with Crippen molar-refractivity contribution in [2.75, 3.05) is 11.9 Å². The van der Waals surface area contributed by atoms with E-state index >= 15 is 0 Å². The summed E-state index contributed by atoms with van der Waals surface area (Å²) in [5.74, 6) is -1.97. The Morgan fingerprint density at radius 1 is 1.04 bits per heavy atom. The molecule has 0 unspecified atom stereocenters.